The Morgan fingerprint density at radius 2 is 2.25 bits per heavy atom. The highest BCUT2D eigenvalue weighted by Crippen LogP contribution is 2.22. The van der Waals surface area contributed by atoms with Gasteiger partial charge in [0.1, 0.15) is 0 Å². The lowest BCUT2D eigenvalue weighted by atomic mass is 10.1. The maximum absolute atomic E-state index is 11.8. The summed E-state index contributed by atoms with van der Waals surface area (Å²) in [5.41, 5.74) is 3.54. The van der Waals surface area contributed by atoms with Gasteiger partial charge in [-0.3, -0.25) is 4.79 Å². The Bertz CT molecular complexity index is 589. The van der Waals surface area contributed by atoms with Gasteiger partial charge in [-0.05, 0) is 37.8 Å². The van der Waals surface area contributed by atoms with Crippen LogP contribution in [0.2, 0.25) is 0 Å². The Hall–Kier alpha value is -1.81. The molecule has 3 N–H and O–H groups in total. The van der Waals surface area contributed by atoms with Gasteiger partial charge < -0.3 is 15.4 Å². The molecule has 1 amide bonds. The molecule has 1 heterocycles. The number of aliphatic hydroxyl groups excluding tert-OH is 1. The van der Waals surface area contributed by atoms with Crippen molar-refractivity contribution >= 4 is 16.8 Å². The largest absolute Gasteiger partial charge is 0.396 e. The van der Waals surface area contributed by atoms with E-state index in [1.54, 1.807) is 0 Å². The van der Waals surface area contributed by atoms with E-state index in [1.165, 1.54) is 16.5 Å². The third-order valence-corrected chi connectivity index (χ3v) is 3.60. The van der Waals surface area contributed by atoms with Crippen LogP contribution in [0, 0.1) is 6.92 Å². The molecule has 0 aliphatic heterocycles. The van der Waals surface area contributed by atoms with Gasteiger partial charge in [-0.2, -0.15) is 0 Å². The van der Waals surface area contributed by atoms with E-state index in [0.29, 0.717) is 12.8 Å². The van der Waals surface area contributed by atoms with Crippen LogP contribution in [-0.4, -0.2) is 28.6 Å². The van der Waals surface area contributed by atoms with Crippen molar-refractivity contribution in [2.24, 2.45) is 0 Å². The SMILES string of the molecule is Cc1cccc2c(CCC(=O)NC(C)CCO)c[nH]c12. The topological polar surface area (TPSA) is 65.1 Å². The monoisotopic (exact) mass is 274 g/mol. The minimum Gasteiger partial charge on any atom is -0.396 e. The molecule has 1 unspecified atom stereocenters. The molecule has 1 atom stereocenters. The molecular formula is C16H22N2O2. The Morgan fingerprint density at radius 1 is 1.45 bits per heavy atom. The second-order valence-electron chi connectivity index (χ2n) is 5.29. The van der Waals surface area contributed by atoms with Crippen molar-refractivity contribution in [3.8, 4) is 0 Å². The predicted molar refractivity (Wildman–Crippen MR) is 80.7 cm³/mol. The summed E-state index contributed by atoms with van der Waals surface area (Å²) in [7, 11) is 0. The molecule has 0 saturated carbocycles. The van der Waals surface area contributed by atoms with Gasteiger partial charge in [0.05, 0.1) is 0 Å². The lowest BCUT2D eigenvalue weighted by Gasteiger charge is -2.12. The van der Waals surface area contributed by atoms with Crippen LogP contribution in [0.15, 0.2) is 24.4 Å². The number of H-pyrrole nitrogens is 1. The molecule has 2 aromatic rings. The minimum absolute atomic E-state index is 0.0257. The molecule has 20 heavy (non-hydrogen) atoms. The second-order valence-corrected chi connectivity index (χ2v) is 5.29. The smallest absolute Gasteiger partial charge is 0.220 e. The fraction of sp³-hybridized carbons (Fsp3) is 0.438. The number of hydrogen-bond donors (Lipinski definition) is 3. The van der Waals surface area contributed by atoms with Crippen molar-refractivity contribution in [2.45, 2.75) is 39.2 Å². The van der Waals surface area contributed by atoms with Gasteiger partial charge in [0.2, 0.25) is 5.91 Å². The number of rotatable bonds is 6. The van der Waals surface area contributed by atoms with Crippen LogP contribution in [0.3, 0.4) is 0 Å². The Labute approximate surface area is 119 Å². The number of aromatic amines is 1. The number of aryl methyl sites for hydroxylation is 2. The zero-order valence-corrected chi connectivity index (χ0v) is 12.1. The third kappa shape index (κ3) is 3.39. The van der Waals surface area contributed by atoms with E-state index in [1.807, 2.05) is 19.2 Å². The molecule has 0 saturated heterocycles. The number of amides is 1. The van der Waals surface area contributed by atoms with Gasteiger partial charge >= 0.3 is 0 Å². The summed E-state index contributed by atoms with van der Waals surface area (Å²) in [4.78, 5) is 15.1. The van der Waals surface area contributed by atoms with Crippen molar-refractivity contribution < 1.29 is 9.90 Å². The van der Waals surface area contributed by atoms with Gasteiger partial charge in [-0.25, -0.2) is 0 Å². The van der Waals surface area contributed by atoms with Gasteiger partial charge in [0.25, 0.3) is 0 Å². The van der Waals surface area contributed by atoms with Crippen LogP contribution in [-0.2, 0) is 11.2 Å². The Balaban J connectivity index is 1.96. The molecule has 4 nitrogen and oxygen atoms in total. The normalized spacial score (nSPS) is 12.6. The highest BCUT2D eigenvalue weighted by Gasteiger charge is 2.10. The average molecular weight is 274 g/mol. The molecule has 4 heteroatoms. The first-order valence-corrected chi connectivity index (χ1v) is 7.07. The van der Waals surface area contributed by atoms with Crippen molar-refractivity contribution in [2.75, 3.05) is 6.61 Å². The lowest BCUT2D eigenvalue weighted by Crippen LogP contribution is -2.33. The first-order valence-electron chi connectivity index (χ1n) is 7.07. The zero-order valence-electron chi connectivity index (χ0n) is 12.1. The number of carbonyl (C=O) groups is 1. The number of para-hydroxylation sites is 1. The fourth-order valence-electron chi connectivity index (χ4n) is 2.43. The van der Waals surface area contributed by atoms with Crippen LogP contribution in [0.25, 0.3) is 10.9 Å². The molecule has 0 radical (unpaired) electrons. The van der Waals surface area contributed by atoms with Crippen LogP contribution in [0.4, 0.5) is 0 Å². The van der Waals surface area contributed by atoms with E-state index in [-0.39, 0.29) is 18.6 Å². The summed E-state index contributed by atoms with van der Waals surface area (Å²) in [6.07, 6.45) is 3.78. The number of aromatic nitrogens is 1. The lowest BCUT2D eigenvalue weighted by molar-refractivity contribution is -0.121. The highest BCUT2D eigenvalue weighted by atomic mass is 16.3. The summed E-state index contributed by atoms with van der Waals surface area (Å²) in [5, 5.41) is 12.9. The van der Waals surface area contributed by atoms with Crippen LogP contribution in [0.1, 0.15) is 30.9 Å². The van der Waals surface area contributed by atoms with Crippen molar-refractivity contribution in [3.63, 3.8) is 0 Å². The van der Waals surface area contributed by atoms with E-state index >= 15 is 0 Å². The standard InChI is InChI=1S/C16H22N2O2/c1-11-4-3-5-14-13(10-17-16(11)14)6-7-15(20)18-12(2)8-9-19/h3-5,10,12,17,19H,6-9H2,1-2H3,(H,18,20). The van der Waals surface area contributed by atoms with Gasteiger partial charge in [-0.1, -0.05) is 18.2 Å². The first-order chi connectivity index (χ1) is 9.61. The molecule has 0 fully saturated rings. The number of carbonyl (C=O) groups excluding carboxylic acids is 1. The molecule has 1 aromatic carbocycles. The summed E-state index contributed by atoms with van der Waals surface area (Å²) < 4.78 is 0. The maximum atomic E-state index is 11.8. The molecule has 108 valence electrons. The van der Waals surface area contributed by atoms with E-state index in [9.17, 15) is 4.79 Å². The number of hydrogen-bond acceptors (Lipinski definition) is 2. The molecule has 1 aromatic heterocycles. The molecule has 0 aliphatic rings. The first kappa shape index (κ1) is 14.6. The van der Waals surface area contributed by atoms with Gasteiger partial charge in [0, 0.05) is 36.2 Å². The van der Waals surface area contributed by atoms with Crippen molar-refractivity contribution in [1.82, 2.24) is 10.3 Å². The fourth-order valence-corrected chi connectivity index (χ4v) is 2.43. The minimum atomic E-state index is 0.0257. The van der Waals surface area contributed by atoms with E-state index in [0.717, 1.165) is 11.9 Å². The summed E-state index contributed by atoms with van der Waals surface area (Å²) >= 11 is 0. The highest BCUT2D eigenvalue weighted by molar-refractivity contribution is 5.86. The maximum Gasteiger partial charge on any atom is 0.220 e. The van der Waals surface area contributed by atoms with Crippen LogP contribution in [0.5, 0.6) is 0 Å². The average Bonchev–Trinajstić information content (AvgIpc) is 2.81. The molecule has 2 rings (SSSR count). The van der Waals surface area contributed by atoms with E-state index in [2.05, 4.69) is 29.4 Å². The van der Waals surface area contributed by atoms with Gasteiger partial charge in [-0.15, -0.1) is 0 Å². The van der Waals surface area contributed by atoms with Crippen molar-refractivity contribution in [3.05, 3.63) is 35.5 Å². The number of nitrogens with one attached hydrogen (secondary N) is 2. The summed E-state index contributed by atoms with van der Waals surface area (Å²) in [6.45, 7) is 4.08. The number of fused-ring (bicyclic) bond motifs is 1. The van der Waals surface area contributed by atoms with Gasteiger partial charge in [0.15, 0.2) is 0 Å². The number of benzene rings is 1. The molecule has 0 spiro atoms. The summed E-state index contributed by atoms with van der Waals surface area (Å²) in [6, 6.07) is 6.22. The van der Waals surface area contributed by atoms with E-state index in [4.69, 9.17) is 5.11 Å². The Kier molecular flexibility index (Phi) is 4.79. The quantitative estimate of drug-likeness (QED) is 0.756. The predicted octanol–water partition coefficient (Wildman–Crippen LogP) is 2.30. The molecule has 0 aliphatic carbocycles. The van der Waals surface area contributed by atoms with Crippen LogP contribution < -0.4 is 5.32 Å². The second kappa shape index (κ2) is 6.57. The zero-order chi connectivity index (χ0) is 14.5. The van der Waals surface area contributed by atoms with E-state index < -0.39 is 0 Å². The van der Waals surface area contributed by atoms with Crippen LogP contribution >= 0.6 is 0 Å². The number of aliphatic hydroxyl groups is 1. The van der Waals surface area contributed by atoms with Crippen molar-refractivity contribution in [1.29, 1.82) is 0 Å². The third-order valence-electron chi connectivity index (χ3n) is 3.60. The molecular weight excluding hydrogens is 252 g/mol. The summed E-state index contributed by atoms with van der Waals surface area (Å²) in [5.74, 6) is 0.0351. The Morgan fingerprint density at radius 3 is 3.00 bits per heavy atom. The molecule has 0 bridgehead atoms.